The fourth-order valence-corrected chi connectivity index (χ4v) is 2.71. The lowest BCUT2D eigenvalue weighted by atomic mass is 10.1. The van der Waals surface area contributed by atoms with Gasteiger partial charge in [-0.05, 0) is 49.7 Å². The smallest absolute Gasteiger partial charge is 0.272 e. The van der Waals surface area contributed by atoms with Crippen molar-refractivity contribution in [1.29, 1.82) is 0 Å². The van der Waals surface area contributed by atoms with Crippen LogP contribution < -0.4 is 16.0 Å². The number of hydrogen-bond donors (Lipinski definition) is 3. The van der Waals surface area contributed by atoms with Crippen molar-refractivity contribution in [3.8, 4) is 0 Å². The molecule has 0 aliphatic carbocycles. The van der Waals surface area contributed by atoms with E-state index >= 15 is 0 Å². The summed E-state index contributed by atoms with van der Waals surface area (Å²) in [5, 5.41) is 18.9. The quantitative estimate of drug-likeness (QED) is 0.331. The fourth-order valence-electron chi connectivity index (χ4n) is 2.71. The van der Waals surface area contributed by atoms with Crippen LogP contribution in [0.25, 0.3) is 0 Å². The molecular weight excluding hydrogens is 388 g/mol. The minimum absolute atomic E-state index is 0.0465. The molecule has 0 spiro atoms. The summed E-state index contributed by atoms with van der Waals surface area (Å²) < 4.78 is 0. The highest BCUT2D eigenvalue weighted by Gasteiger charge is 2.13. The minimum atomic E-state index is -0.502. The van der Waals surface area contributed by atoms with Crippen molar-refractivity contribution in [3.63, 3.8) is 0 Å². The topological polar surface area (TPSA) is 130 Å². The molecule has 9 nitrogen and oxygen atoms in total. The van der Waals surface area contributed by atoms with Crippen LogP contribution in [0.1, 0.15) is 46.0 Å². The Morgan fingerprint density at radius 2 is 1.50 bits per heavy atom. The van der Waals surface area contributed by atoms with E-state index in [2.05, 4.69) is 16.0 Å². The monoisotopic (exact) mass is 412 g/mol. The van der Waals surface area contributed by atoms with Crippen LogP contribution in [0.2, 0.25) is 0 Å². The summed E-state index contributed by atoms with van der Waals surface area (Å²) in [4.78, 5) is 46.2. The summed E-state index contributed by atoms with van der Waals surface area (Å²) in [6.07, 6.45) is 1.19. The number of nitro groups is 1. The zero-order valence-electron chi connectivity index (χ0n) is 16.9. The summed E-state index contributed by atoms with van der Waals surface area (Å²) in [6.45, 7) is 3.90. The number of nitro benzene ring substituents is 1. The molecule has 0 saturated carbocycles. The van der Waals surface area contributed by atoms with E-state index in [0.717, 1.165) is 6.42 Å². The first-order chi connectivity index (χ1) is 14.3. The van der Waals surface area contributed by atoms with Crippen molar-refractivity contribution < 1.29 is 19.3 Å². The Kier molecular flexibility index (Phi) is 8.04. The van der Waals surface area contributed by atoms with E-state index in [1.54, 1.807) is 31.2 Å². The van der Waals surface area contributed by atoms with Crippen molar-refractivity contribution in [2.24, 2.45) is 0 Å². The van der Waals surface area contributed by atoms with E-state index in [-0.39, 0.29) is 36.5 Å². The molecule has 0 fully saturated rings. The summed E-state index contributed by atoms with van der Waals surface area (Å²) in [5.41, 5.74) is 1.71. The molecule has 0 radical (unpaired) electrons. The third-order valence-corrected chi connectivity index (χ3v) is 4.26. The number of amides is 3. The Morgan fingerprint density at radius 3 is 2.03 bits per heavy atom. The van der Waals surface area contributed by atoms with Gasteiger partial charge in [0.15, 0.2) is 0 Å². The number of nitrogens with zero attached hydrogens (tertiary/aromatic N) is 1. The zero-order valence-corrected chi connectivity index (χ0v) is 16.9. The van der Waals surface area contributed by atoms with Crippen LogP contribution in [-0.2, 0) is 4.79 Å². The molecule has 158 valence electrons. The van der Waals surface area contributed by atoms with Gasteiger partial charge in [-0.15, -0.1) is 0 Å². The third kappa shape index (κ3) is 6.40. The molecule has 9 heteroatoms. The lowest BCUT2D eigenvalue weighted by Gasteiger charge is -2.09. The first-order valence-corrected chi connectivity index (χ1v) is 9.53. The molecular formula is C21H24N4O5. The molecule has 0 aliphatic heterocycles. The third-order valence-electron chi connectivity index (χ3n) is 4.26. The van der Waals surface area contributed by atoms with Crippen LogP contribution in [0.5, 0.6) is 0 Å². The minimum Gasteiger partial charge on any atom is -0.350 e. The van der Waals surface area contributed by atoms with Gasteiger partial charge in [-0.1, -0.05) is 6.92 Å². The summed E-state index contributed by atoms with van der Waals surface area (Å²) in [5.74, 6) is -0.759. The largest absolute Gasteiger partial charge is 0.350 e. The average molecular weight is 412 g/mol. The second-order valence-electron chi connectivity index (χ2n) is 6.65. The maximum atomic E-state index is 12.2. The second kappa shape index (κ2) is 10.7. The Balaban J connectivity index is 1.79. The molecule has 0 aromatic heterocycles. The van der Waals surface area contributed by atoms with Crippen molar-refractivity contribution >= 4 is 29.1 Å². The standard InChI is InChI=1S/C21H24N4O5/c1-3-4-19(26)24-17-8-5-15(6-9-17)20(27)22-11-12-23-21(28)16-7-10-18(25(29)30)14(2)13-16/h5-10,13H,3-4,11-12H2,1-2H3,(H,22,27)(H,23,28)(H,24,26). The maximum absolute atomic E-state index is 12.2. The van der Waals surface area contributed by atoms with Gasteiger partial charge in [0.25, 0.3) is 17.5 Å². The van der Waals surface area contributed by atoms with Gasteiger partial charge in [0.1, 0.15) is 0 Å². The highest BCUT2D eigenvalue weighted by molar-refractivity contribution is 5.96. The summed E-state index contributed by atoms with van der Waals surface area (Å²) in [6, 6.07) is 10.7. The molecule has 0 bridgehead atoms. The van der Waals surface area contributed by atoms with E-state index in [9.17, 15) is 24.5 Å². The molecule has 2 aromatic rings. The number of benzene rings is 2. The van der Waals surface area contributed by atoms with Crippen LogP contribution in [0.3, 0.4) is 0 Å². The number of rotatable bonds is 9. The number of nitrogens with one attached hydrogen (secondary N) is 3. The van der Waals surface area contributed by atoms with Gasteiger partial charge >= 0.3 is 0 Å². The van der Waals surface area contributed by atoms with Gasteiger partial charge < -0.3 is 16.0 Å². The molecule has 2 aromatic carbocycles. The van der Waals surface area contributed by atoms with Crippen LogP contribution in [0.4, 0.5) is 11.4 Å². The van der Waals surface area contributed by atoms with Crippen molar-refractivity contribution in [1.82, 2.24) is 10.6 Å². The van der Waals surface area contributed by atoms with Crippen molar-refractivity contribution in [3.05, 3.63) is 69.3 Å². The number of anilines is 1. The highest BCUT2D eigenvalue weighted by atomic mass is 16.6. The van der Waals surface area contributed by atoms with E-state index in [1.807, 2.05) is 6.92 Å². The maximum Gasteiger partial charge on any atom is 0.272 e. The molecule has 2 rings (SSSR count). The molecule has 30 heavy (non-hydrogen) atoms. The van der Waals surface area contributed by atoms with Gasteiger partial charge in [0.2, 0.25) is 5.91 Å². The SMILES string of the molecule is CCCC(=O)Nc1ccc(C(=O)NCCNC(=O)c2ccc([N+](=O)[O-])c(C)c2)cc1. The Labute approximate surface area is 174 Å². The van der Waals surface area contributed by atoms with Gasteiger partial charge in [0.05, 0.1) is 4.92 Å². The molecule has 0 heterocycles. The Morgan fingerprint density at radius 1 is 0.933 bits per heavy atom. The highest BCUT2D eigenvalue weighted by Crippen LogP contribution is 2.18. The van der Waals surface area contributed by atoms with Crippen LogP contribution >= 0.6 is 0 Å². The van der Waals surface area contributed by atoms with E-state index < -0.39 is 4.92 Å². The zero-order chi connectivity index (χ0) is 22.1. The van der Waals surface area contributed by atoms with Crippen molar-refractivity contribution in [2.75, 3.05) is 18.4 Å². The van der Waals surface area contributed by atoms with E-state index in [4.69, 9.17) is 0 Å². The number of hydrogen-bond acceptors (Lipinski definition) is 5. The fraction of sp³-hybridized carbons (Fsp3) is 0.286. The van der Waals surface area contributed by atoms with Crippen LogP contribution in [0.15, 0.2) is 42.5 Å². The normalized spacial score (nSPS) is 10.2. The lowest BCUT2D eigenvalue weighted by molar-refractivity contribution is -0.385. The second-order valence-corrected chi connectivity index (χ2v) is 6.65. The van der Waals surface area contributed by atoms with E-state index in [1.165, 1.54) is 18.2 Å². The van der Waals surface area contributed by atoms with Gasteiger partial charge in [-0.25, -0.2) is 0 Å². The Bertz CT molecular complexity index is 941. The van der Waals surface area contributed by atoms with Crippen molar-refractivity contribution in [2.45, 2.75) is 26.7 Å². The number of aryl methyl sites for hydroxylation is 1. The van der Waals surface area contributed by atoms with Gasteiger partial charge in [-0.2, -0.15) is 0 Å². The molecule has 0 unspecified atom stereocenters. The molecule has 3 N–H and O–H groups in total. The molecule has 0 saturated heterocycles. The first kappa shape index (κ1) is 22.5. The Hall–Kier alpha value is -3.75. The average Bonchev–Trinajstić information content (AvgIpc) is 2.71. The predicted octanol–water partition coefficient (Wildman–Crippen LogP) is 2.80. The summed E-state index contributed by atoms with van der Waals surface area (Å²) >= 11 is 0. The molecule has 3 amide bonds. The van der Waals surface area contributed by atoms with Crippen LogP contribution in [-0.4, -0.2) is 35.7 Å². The first-order valence-electron chi connectivity index (χ1n) is 9.53. The predicted molar refractivity (Wildman–Crippen MR) is 112 cm³/mol. The van der Waals surface area contributed by atoms with Gasteiger partial charge in [-0.3, -0.25) is 24.5 Å². The summed E-state index contributed by atoms with van der Waals surface area (Å²) in [7, 11) is 0. The van der Waals surface area contributed by atoms with E-state index in [0.29, 0.717) is 28.8 Å². The molecule has 0 atom stereocenters. The lowest BCUT2D eigenvalue weighted by Crippen LogP contribution is -2.34. The number of carbonyl (C=O) groups excluding carboxylic acids is 3. The number of carbonyl (C=O) groups is 3. The van der Waals surface area contributed by atoms with Gasteiger partial charge in [0, 0.05) is 48.0 Å². The van der Waals surface area contributed by atoms with Crippen LogP contribution in [0, 0.1) is 17.0 Å². The molecule has 0 aliphatic rings.